The number of hydrogen-bond acceptors (Lipinski definition) is 17. The summed E-state index contributed by atoms with van der Waals surface area (Å²) in [4.78, 5) is 95.0. The summed E-state index contributed by atoms with van der Waals surface area (Å²) in [6.07, 6.45) is -9.17. The van der Waals surface area contributed by atoms with Crippen LogP contribution in [0.15, 0.2) is 16.9 Å². The van der Waals surface area contributed by atoms with E-state index in [1.54, 1.807) is 33.8 Å². The van der Waals surface area contributed by atoms with Crippen LogP contribution < -0.4 is 32.6 Å². The van der Waals surface area contributed by atoms with E-state index in [1.807, 2.05) is 0 Å². The van der Waals surface area contributed by atoms with Crippen molar-refractivity contribution in [1.29, 1.82) is 0 Å². The van der Waals surface area contributed by atoms with E-state index in [-0.39, 0.29) is 42.1 Å². The lowest BCUT2D eigenvalue weighted by atomic mass is 9.81. The van der Waals surface area contributed by atoms with E-state index in [1.165, 1.54) is 10.6 Å². The molecule has 24 heteroatoms. The Morgan fingerprint density at radius 2 is 1.76 bits per heavy atom. The number of carboxylic acids is 1. The molecule has 0 unspecified atom stereocenters. The number of carbonyl (C=O) groups excluding carboxylic acids is 5. The lowest BCUT2D eigenvalue weighted by Crippen LogP contribution is -2.61. The zero-order chi connectivity index (χ0) is 48.8. The van der Waals surface area contributed by atoms with Gasteiger partial charge in [-0.15, -0.1) is 0 Å². The molecule has 4 amide bonds. The van der Waals surface area contributed by atoms with Gasteiger partial charge in [0.15, 0.2) is 18.0 Å². The highest BCUT2D eigenvalue weighted by molar-refractivity contribution is 5.94. The van der Waals surface area contributed by atoms with Gasteiger partial charge < -0.3 is 76.0 Å². The quantitative estimate of drug-likeness (QED) is 0.0308. The maximum absolute atomic E-state index is 15.3. The Balaban J connectivity index is 0.985. The molecule has 67 heavy (non-hydrogen) atoms. The van der Waals surface area contributed by atoms with Crippen LogP contribution in [0.25, 0.3) is 22.3 Å². The molecule has 0 saturated carbocycles. The summed E-state index contributed by atoms with van der Waals surface area (Å²) in [6.45, 7) is 3.73. The van der Waals surface area contributed by atoms with E-state index in [0.29, 0.717) is 51.9 Å². The normalized spacial score (nSPS) is 24.7. The van der Waals surface area contributed by atoms with Crippen molar-refractivity contribution in [3.63, 3.8) is 0 Å². The maximum Gasteiger partial charge on any atom is 0.343 e. The van der Waals surface area contributed by atoms with Crippen molar-refractivity contribution in [1.82, 2.24) is 30.8 Å². The number of pyridine rings is 2. The Morgan fingerprint density at radius 3 is 2.45 bits per heavy atom. The number of hydrogen-bond donors (Lipinski definition) is 10. The van der Waals surface area contributed by atoms with Crippen LogP contribution >= 0.6 is 0 Å². The Kier molecular flexibility index (Phi) is 14.1. The number of ether oxygens (including phenoxy) is 4. The van der Waals surface area contributed by atoms with Crippen LogP contribution in [0.4, 0.5) is 4.39 Å². The molecule has 1 saturated heterocycles. The standard InChI is InChI=1S/C43H52FN7O16/c1-5-43(63)21-8-26-32-19(11-51(26)39(59)20(21)12-66-42(43)62)30-23(7-6-18-17(4)22(44)9-24(49-32)29(18)30)48-28(53)14-64-15-47-27(52)10-46-37(57)25(50-38(58)31(45)16(2)3)13-65-41-35(56)33(54)34(55)36(67-41)40(60)61/h8-9,16,23,25,31,33-36,41,54-56,63H,5-7,10-15,45H2,1-4H3,(H,46,57)(H,47,52)(H,48,53)(H,50,58)(H,60,61)/t23-,25-,31-,33-,34-,35+,36-,41+,43-/m0/s1. The van der Waals surface area contributed by atoms with E-state index < -0.39 is 128 Å². The lowest BCUT2D eigenvalue weighted by molar-refractivity contribution is -0.294. The van der Waals surface area contributed by atoms with Crippen molar-refractivity contribution in [2.75, 3.05) is 26.5 Å². The number of nitrogens with one attached hydrogen (secondary N) is 4. The molecule has 9 atom stereocenters. The third-order valence-electron chi connectivity index (χ3n) is 12.6. The van der Waals surface area contributed by atoms with Gasteiger partial charge in [-0.3, -0.25) is 24.0 Å². The highest BCUT2D eigenvalue weighted by atomic mass is 19.1. The molecular weight excluding hydrogens is 890 g/mol. The van der Waals surface area contributed by atoms with Gasteiger partial charge in [-0.2, -0.15) is 0 Å². The molecule has 23 nitrogen and oxygen atoms in total. The monoisotopic (exact) mass is 941 g/mol. The first-order valence-corrected chi connectivity index (χ1v) is 21.5. The first-order chi connectivity index (χ1) is 31.7. The minimum absolute atomic E-state index is 0.0287. The number of aliphatic hydroxyl groups is 4. The van der Waals surface area contributed by atoms with Crippen molar-refractivity contribution >= 4 is 46.5 Å². The van der Waals surface area contributed by atoms with Crippen molar-refractivity contribution in [3.8, 4) is 11.4 Å². The molecule has 7 rings (SSSR count). The van der Waals surface area contributed by atoms with Gasteiger partial charge in [0.25, 0.3) is 5.56 Å². The number of amides is 4. The van der Waals surface area contributed by atoms with Crippen LogP contribution in [0.2, 0.25) is 0 Å². The highest BCUT2D eigenvalue weighted by Gasteiger charge is 2.48. The molecule has 3 aliphatic heterocycles. The average molecular weight is 942 g/mol. The van der Waals surface area contributed by atoms with Crippen LogP contribution in [0, 0.1) is 18.7 Å². The van der Waals surface area contributed by atoms with Crippen molar-refractivity contribution in [2.24, 2.45) is 11.7 Å². The lowest BCUT2D eigenvalue weighted by Gasteiger charge is -2.38. The zero-order valence-corrected chi connectivity index (χ0v) is 36.8. The number of nitrogens with zero attached hydrogens (tertiary/aromatic N) is 2. The number of aliphatic hydroxyl groups excluding tert-OH is 3. The molecule has 0 spiro atoms. The Labute approximate surface area is 380 Å². The van der Waals surface area contributed by atoms with E-state index in [0.717, 1.165) is 0 Å². The van der Waals surface area contributed by atoms with Gasteiger partial charge >= 0.3 is 11.9 Å². The number of cyclic esters (lactones) is 1. The summed E-state index contributed by atoms with van der Waals surface area (Å²) in [5.41, 5.74) is 6.84. The van der Waals surface area contributed by atoms with E-state index in [4.69, 9.17) is 29.7 Å². The molecule has 1 fully saturated rings. The third-order valence-corrected chi connectivity index (χ3v) is 12.6. The maximum atomic E-state index is 15.3. The van der Waals surface area contributed by atoms with Crippen LogP contribution in [-0.2, 0) is 72.9 Å². The molecule has 0 bridgehead atoms. The molecule has 0 radical (unpaired) electrons. The second-order valence-electron chi connectivity index (χ2n) is 17.2. The number of fused-ring (bicyclic) bond motifs is 5. The van der Waals surface area contributed by atoms with Gasteiger partial charge in [-0.25, -0.2) is 19.0 Å². The van der Waals surface area contributed by atoms with E-state index in [9.17, 15) is 59.1 Å². The number of rotatable bonds is 16. The summed E-state index contributed by atoms with van der Waals surface area (Å²) < 4.78 is 37.8. The van der Waals surface area contributed by atoms with Crippen LogP contribution in [0.1, 0.15) is 73.0 Å². The second-order valence-corrected chi connectivity index (χ2v) is 17.2. The second kappa shape index (κ2) is 19.3. The smallest absolute Gasteiger partial charge is 0.343 e. The third kappa shape index (κ3) is 9.22. The van der Waals surface area contributed by atoms with Crippen LogP contribution in [0.3, 0.4) is 0 Å². The molecule has 1 aromatic carbocycles. The highest BCUT2D eigenvalue weighted by Crippen LogP contribution is 2.46. The number of aliphatic carboxylic acids is 1. The number of carboxylic acid groups (broad SMARTS) is 1. The van der Waals surface area contributed by atoms with Crippen molar-refractivity contribution in [3.05, 3.63) is 61.7 Å². The number of carbonyl (C=O) groups is 6. The molecule has 11 N–H and O–H groups in total. The summed E-state index contributed by atoms with van der Waals surface area (Å²) in [5.74, 6) is -6.58. The van der Waals surface area contributed by atoms with Gasteiger partial charge in [0.2, 0.25) is 23.6 Å². The molecule has 2 aromatic heterocycles. The minimum Gasteiger partial charge on any atom is -0.479 e. The molecule has 3 aromatic rings. The SMILES string of the molecule is CC[C@@]1(O)C(=O)OCc2c1cc1n(c2=O)Cc2c-1nc1cc(F)c(C)c3c1c2[C@@H](NC(=O)COCNC(=O)CNC(=O)[C@H](CO[C@@H]1O[C@H](C(=O)O)[C@@H](O)[C@H](O)[C@H]1O)NC(=O)[C@@H](N)C(C)C)CC3. The molecule has 1 aliphatic carbocycles. The predicted octanol–water partition coefficient (Wildman–Crippen LogP) is -2.79. The molecule has 362 valence electrons. The largest absolute Gasteiger partial charge is 0.479 e. The summed E-state index contributed by atoms with van der Waals surface area (Å²) in [7, 11) is 0. The number of aromatic nitrogens is 2. The number of esters is 1. The van der Waals surface area contributed by atoms with Gasteiger partial charge in [-0.05, 0) is 54.9 Å². The van der Waals surface area contributed by atoms with Crippen molar-refractivity contribution < 1.29 is 77.6 Å². The predicted molar refractivity (Wildman–Crippen MR) is 225 cm³/mol. The number of nitrogens with two attached hydrogens (primary N) is 1. The zero-order valence-electron chi connectivity index (χ0n) is 36.8. The fourth-order valence-corrected chi connectivity index (χ4v) is 8.70. The van der Waals surface area contributed by atoms with Gasteiger partial charge in [0, 0.05) is 22.6 Å². The number of aryl methyl sites for hydroxylation is 1. The molecule has 5 heterocycles. The Hall–Kier alpha value is -5.99. The van der Waals surface area contributed by atoms with Crippen LogP contribution in [-0.4, -0.2) is 140 Å². The van der Waals surface area contributed by atoms with Gasteiger partial charge in [-0.1, -0.05) is 20.8 Å². The summed E-state index contributed by atoms with van der Waals surface area (Å²) in [5, 5.41) is 61.6. The first kappa shape index (κ1) is 48.9. The first-order valence-electron chi connectivity index (χ1n) is 21.5. The number of benzene rings is 1. The van der Waals surface area contributed by atoms with E-state index in [2.05, 4.69) is 21.3 Å². The van der Waals surface area contributed by atoms with Crippen molar-refractivity contribution in [2.45, 2.75) is 115 Å². The Bertz CT molecular complexity index is 2590. The average Bonchev–Trinajstić information content (AvgIpc) is 3.66. The van der Waals surface area contributed by atoms with Gasteiger partial charge in [0.1, 0.15) is 50.1 Å². The topological polar surface area (TPSA) is 350 Å². The van der Waals surface area contributed by atoms with E-state index >= 15 is 4.39 Å². The number of halogens is 1. The fraction of sp³-hybridized carbons (Fsp3) is 0.535. The fourth-order valence-electron chi connectivity index (χ4n) is 8.70. The molecule has 4 aliphatic rings. The summed E-state index contributed by atoms with van der Waals surface area (Å²) >= 11 is 0. The van der Waals surface area contributed by atoms with Crippen LogP contribution in [0.5, 0.6) is 0 Å². The summed E-state index contributed by atoms with van der Waals surface area (Å²) in [6, 6.07) is -0.510. The minimum atomic E-state index is -2.07. The Morgan fingerprint density at radius 1 is 1.03 bits per heavy atom. The van der Waals surface area contributed by atoms with Gasteiger partial charge in [0.05, 0.1) is 54.2 Å². The molecular formula is C43H52FN7O16.